The molecule has 3 rings (SSSR count). The molecule has 0 aliphatic heterocycles. The summed E-state index contributed by atoms with van der Waals surface area (Å²) in [5.74, 6) is 4.06. The van der Waals surface area contributed by atoms with Gasteiger partial charge in [0.2, 0.25) is 0 Å². The van der Waals surface area contributed by atoms with Gasteiger partial charge in [-0.1, -0.05) is 37.8 Å². The second-order valence-corrected chi connectivity index (χ2v) is 6.69. The average molecular weight is 190 g/mol. The first-order chi connectivity index (χ1) is 6.50. The van der Waals surface area contributed by atoms with Gasteiger partial charge in [0.25, 0.3) is 0 Å². The molecule has 0 aromatic carbocycles. The third kappa shape index (κ3) is 1.77. The molecule has 0 aromatic rings. The van der Waals surface area contributed by atoms with Crippen LogP contribution in [0, 0.1) is 23.7 Å². The molecule has 3 aliphatic rings. The molecule has 0 aromatic heterocycles. The minimum atomic E-state index is 0.567. The van der Waals surface area contributed by atoms with Gasteiger partial charge in [0.1, 0.15) is 0 Å². The molecule has 14 heavy (non-hydrogen) atoms. The fraction of sp³-hybridized carbons (Fsp3) is 1.00. The highest BCUT2D eigenvalue weighted by Gasteiger charge is 2.40. The first-order valence-corrected chi connectivity index (χ1v) is 6.50. The summed E-state index contributed by atoms with van der Waals surface area (Å²) in [6.07, 6.45) is 7.68. The molecule has 2 bridgehead atoms. The van der Waals surface area contributed by atoms with Crippen LogP contribution in [0.3, 0.4) is 0 Å². The van der Waals surface area contributed by atoms with Crippen molar-refractivity contribution < 1.29 is 0 Å². The lowest BCUT2D eigenvalue weighted by Gasteiger charge is -2.39. The van der Waals surface area contributed by atoms with Crippen LogP contribution in [0.15, 0.2) is 0 Å². The largest absolute Gasteiger partial charge is 0.0998 e. The summed E-state index contributed by atoms with van der Waals surface area (Å²) in [6, 6.07) is 0. The lowest BCUT2D eigenvalue weighted by molar-refractivity contribution is 0.188. The normalized spacial score (nSPS) is 37.8. The van der Waals surface area contributed by atoms with Gasteiger partial charge in [0.15, 0.2) is 0 Å². The van der Waals surface area contributed by atoms with Crippen LogP contribution < -0.4 is 0 Å². The molecule has 0 radical (unpaired) electrons. The Hall–Kier alpha value is 0.130. The molecule has 0 N–H and O–H groups in total. The maximum absolute atomic E-state index is 2.49. The van der Waals surface area contributed by atoms with E-state index in [1.165, 1.54) is 19.3 Å². The Balaban J connectivity index is 2.02. The Labute approximate surface area is 91.0 Å². The van der Waals surface area contributed by atoms with E-state index in [2.05, 4.69) is 29.5 Å². The van der Waals surface area contributed by atoms with E-state index in [9.17, 15) is 0 Å². The number of hydrogen-bond acceptors (Lipinski definition) is 0. The highest BCUT2D eigenvalue weighted by atomic mass is 14.4. The fourth-order valence-corrected chi connectivity index (χ4v) is 3.41. The van der Waals surface area contributed by atoms with E-state index >= 15 is 0 Å². The van der Waals surface area contributed by atoms with E-state index in [1.807, 2.05) is 0 Å². The molecule has 0 spiro atoms. The molecule has 1 unspecified atom stereocenters. The van der Waals surface area contributed by atoms with Gasteiger partial charge < -0.3 is 0 Å². The van der Waals surface area contributed by atoms with Crippen molar-refractivity contribution in [1.29, 1.82) is 0 Å². The number of fused-ring (bicyclic) bond motifs is 3. The molecule has 0 heterocycles. The van der Waals surface area contributed by atoms with Crippen LogP contribution in [0.25, 0.3) is 0 Å². The van der Waals surface area contributed by atoms with Crippen LogP contribution >= 0.6 is 0 Å². The first kappa shape index (κ1) is 10.6. The Bertz CT molecular complexity index is 204. The van der Waals surface area contributed by atoms with Gasteiger partial charge in [-0.3, -0.25) is 0 Å². The van der Waals surface area contributed by atoms with Crippen molar-refractivity contribution in [3.63, 3.8) is 0 Å². The van der Waals surface area contributed by atoms with Crippen molar-refractivity contribution in [2.45, 2.75) is 51.2 Å². The predicted octanol–water partition coefficient (Wildman–Crippen LogP) is 1.85. The Kier molecular flexibility index (Phi) is 2.74. The maximum Gasteiger partial charge on any atom is 0.0998 e. The van der Waals surface area contributed by atoms with Gasteiger partial charge in [-0.25, -0.2) is 0 Å². The van der Waals surface area contributed by atoms with Gasteiger partial charge in [-0.2, -0.15) is 0 Å². The topological polar surface area (TPSA) is 0 Å². The minimum absolute atomic E-state index is 0.567. The van der Waals surface area contributed by atoms with E-state index < -0.39 is 0 Å². The lowest BCUT2D eigenvalue weighted by atomic mass is 9.42. The maximum atomic E-state index is 2.49. The SMILES string of the molecule is BC(B)(C(C)C)C1CCC2CC(C2)C1. The fourth-order valence-electron chi connectivity index (χ4n) is 3.41. The summed E-state index contributed by atoms with van der Waals surface area (Å²) in [5.41, 5.74) is 0. The van der Waals surface area contributed by atoms with Gasteiger partial charge in [-0.15, -0.1) is 0 Å². The van der Waals surface area contributed by atoms with Crippen molar-refractivity contribution >= 4 is 15.7 Å². The van der Waals surface area contributed by atoms with Gasteiger partial charge in [-0.05, 0) is 37.0 Å². The molecule has 0 amide bonds. The Morgan fingerprint density at radius 2 is 1.64 bits per heavy atom. The molecule has 0 saturated heterocycles. The summed E-state index contributed by atoms with van der Waals surface area (Å²) in [5, 5.41) is 0.567. The molecule has 3 aliphatic carbocycles. The van der Waals surface area contributed by atoms with Crippen LogP contribution in [0.1, 0.15) is 46.0 Å². The van der Waals surface area contributed by atoms with Crippen LogP contribution in [-0.2, 0) is 0 Å². The van der Waals surface area contributed by atoms with E-state index in [1.54, 1.807) is 12.8 Å². The molecular formula is C12H24B2. The predicted molar refractivity (Wildman–Crippen MR) is 68.2 cm³/mol. The minimum Gasteiger partial charge on any atom is -0.0796 e. The summed E-state index contributed by atoms with van der Waals surface area (Å²) in [7, 11) is 4.98. The third-order valence-corrected chi connectivity index (χ3v) is 5.41. The zero-order valence-corrected chi connectivity index (χ0v) is 10.3. The zero-order chi connectivity index (χ0) is 10.3. The standard InChI is InChI=1S/C12H24B2/c1-8(2)12(13,14)11-4-3-9-5-10(6-9)7-11/h8-11H,3-7,13-14H2,1-2H3. The monoisotopic (exact) mass is 190 g/mol. The van der Waals surface area contributed by atoms with E-state index in [0.717, 1.165) is 23.7 Å². The molecule has 78 valence electrons. The van der Waals surface area contributed by atoms with Crippen LogP contribution in [0.2, 0.25) is 5.21 Å². The molecule has 0 nitrogen and oxygen atoms in total. The second kappa shape index (κ2) is 3.61. The molecule has 1 atom stereocenters. The summed E-state index contributed by atoms with van der Waals surface area (Å²) in [4.78, 5) is 0. The van der Waals surface area contributed by atoms with E-state index in [-0.39, 0.29) is 0 Å². The van der Waals surface area contributed by atoms with Crippen molar-refractivity contribution in [2.75, 3.05) is 0 Å². The molecule has 2 heteroatoms. The first-order valence-electron chi connectivity index (χ1n) is 6.50. The highest BCUT2D eigenvalue weighted by Crippen LogP contribution is 2.52. The zero-order valence-electron chi connectivity index (χ0n) is 10.3. The average Bonchev–Trinajstić information content (AvgIpc) is 2.33. The molecule has 3 fully saturated rings. The summed E-state index contributed by atoms with van der Waals surface area (Å²) in [6.45, 7) is 4.80. The van der Waals surface area contributed by atoms with Crippen LogP contribution in [0.5, 0.6) is 0 Å². The smallest absolute Gasteiger partial charge is 0.0796 e. The van der Waals surface area contributed by atoms with Crippen LogP contribution in [-0.4, -0.2) is 15.7 Å². The van der Waals surface area contributed by atoms with Crippen LogP contribution in [0.4, 0.5) is 0 Å². The van der Waals surface area contributed by atoms with E-state index in [4.69, 9.17) is 0 Å². The summed E-state index contributed by atoms with van der Waals surface area (Å²) < 4.78 is 0. The lowest BCUT2D eigenvalue weighted by Crippen LogP contribution is -2.31. The summed E-state index contributed by atoms with van der Waals surface area (Å²) >= 11 is 0. The highest BCUT2D eigenvalue weighted by molar-refractivity contribution is 6.40. The van der Waals surface area contributed by atoms with Crippen molar-refractivity contribution in [1.82, 2.24) is 0 Å². The second-order valence-electron chi connectivity index (χ2n) is 6.69. The van der Waals surface area contributed by atoms with Gasteiger partial charge in [0, 0.05) is 0 Å². The van der Waals surface area contributed by atoms with Crippen molar-refractivity contribution in [3.05, 3.63) is 0 Å². The van der Waals surface area contributed by atoms with Gasteiger partial charge >= 0.3 is 0 Å². The third-order valence-electron chi connectivity index (χ3n) is 5.41. The van der Waals surface area contributed by atoms with Gasteiger partial charge in [0.05, 0.1) is 15.7 Å². The Morgan fingerprint density at radius 1 is 1.00 bits per heavy atom. The number of hydrogen-bond donors (Lipinski definition) is 0. The Morgan fingerprint density at radius 3 is 2.21 bits per heavy atom. The number of rotatable bonds is 2. The quantitative estimate of drug-likeness (QED) is 0.582. The molecular weight excluding hydrogens is 166 g/mol. The molecule has 3 saturated carbocycles. The van der Waals surface area contributed by atoms with E-state index in [0.29, 0.717) is 5.21 Å². The van der Waals surface area contributed by atoms with Crippen molar-refractivity contribution in [3.8, 4) is 0 Å². The van der Waals surface area contributed by atoms with Crippen molar-refractivity contribution in [2.24, 2.45) is 23.7 Å².